The first-order valence-electron chi connectivity index (χ1n) is 5.64. The molecule has 6 N–H and O–H groups in total. The summed E-state index contributed by atoms with van der Waals surface area (Å²) in [6.07, 6.45) is -0.198. The molecule has 0 heterocycles. The third kappa shape index (κ3) is 10.5. The molecule has 0 radical (unpaired) electrons. The monoisotopic (exact) mass is 274 g/mol. The molecule has 0 fully saturated rings. The highest BCUT2D eigenvalue weighted by Crippen LogP contribution is 2.06. The van der Waals surface area contributed by atoms with Gasteiger partial charge >= 0.3 is 18.0 Å². The maximum absolute atomic E-state index is 11.3. The van der Waals surface area contributed by atoms with Crippen molar-refractivity contribution in [1.82, 2.24) is 16.0 Å². The largest absolute Gasteiger partial charge is 0.481 e. The molecule has 0 spiro atoms. The van der Waals surface area contributed by atoms with E-state index in [0.29, 0.717) is 0 Å². The van der Waals surface area contributed by atoms with Crippen LogP contribution in [0.3, 0.4) is 0 Å². The van der Waals surface area contributed by atoms with Gasteiger partial charge in [-0.3, -0.25) is 14.9 Å². The zero-order valence-electron chi connectivity index (χ0n) is 10.6. The number of primary amides is 1. The number of hydrogen-bond donors (Lipinski definition) is 5. The number of rotatable bonds is 7. The van der Waals surface area contributed by atoms with Gasteiger partial charge in [0.15, 0.2) is 0 Å². The summed E-state index contributed by atoms with van der Waals surface area (Å²) >= 11 is 0. The molecule has 0 bridgehead atoms. The minimum absolute atomic E-state index is 0.0563. The Hall–Kier alpha value is -2.32. The fourth-order valence-electron chi connectivity index (χ4n) is 1.27. The number of amides is 5. The molecule has 19 heavy (non-hydrogen) atoms. The SMILES string of the molecule is CC(CC(=O)O)CC(=O)NC(=O)NCCNC(N)=O. The van der Waals surface area contributed by atoms with Crippen LogP contribution in [0.15, 0.2) is 0 Å². The molecule has 0 aromatic heterocycles. The number of aliphatic carboxylic acids is 1. The second kappa shape index (κ2) is 8.72. The van der Waals surface area contributed by atoms with Gasteiger partial charge in [-0.05, 0) is 5.92 Å². The molecule has 1 atom stereocenters. The second-order valence-electron chi connectivity index (χ2n) is 4.00. The van der Waals surface area contributed by atoms with Crippen LogP contribution in [0.2, 0.25) is 0 Å². The topological polar surface area (TPSA) is 151 Å². The average Bonchev–Trinajstić information content (AvgIpc) is 2.22. The third-order valence-electron chi connectivity index (χ3n) is 2.02. The van der Waals surface area contributed by atoms with Crippen LogP contribution >= 0.6 is 0 Å². The molecule has 0 aromatic carbocycles. The number of carbonyl (C=O) groups excluding carboxylic acids is 3. The van der Waals surface area contributed by atoms with Crippen LogP contribution in [-0.4, -0.2) is 42.1 Å². The van der Waals surface area contributed by atoms with E-state index in [4.69, 9.17) is 10.8 Å². The first-order valence-corrected chi connectivity index (χ1v) is 5.64. The summed E-state index contributed by atoms with van der Waals surface area (Å²) in [6, 6.07) is -1.42. The number of urea groups is 2. The molecule has 108 valence electrons. The van der Waals surface area contributed by atoms with Gasteiger partial charge < -0.3 is 21.5 Å². The Kier molecular flexibility index (Phi) is 7.66. The Morgan fingerprint density at radius 1 is 1.11 bits per heavy atom. The van der Waals surface area contributed by atoms with E-state index in [0.717, 1.165) is 0 Å². The Labute approximate surface area is 109 Å². The van der Waals surface area contributed by atoms with Gasteiger partial charge in [-0.15, -0.1) is 0 Å². The van der Waals surface area contributed by atoms with Crippen molar-refractivity contribution in [3.05, 3.63) is 0 Å². The van der Waals surface area contributed by atoms with Crippen molar-refractivity contribution >= 4 is 23.9 Å². The molecule has 0 aromatic rings. The fraction of sp³-hybridized carbons (Fsp3) is 0.600. The van der Waals surface area contributed by atoms with E-state index in [1.165, 1.54) is 0 Å². The van der Waals surface area contributed by atoms with Crippen molar-refractivity contribution in [1.29, 1.82) is 0 Å². The maximum Gasteiger partial charge on any atom is 0.321 e. The number of imide groups is 1. The zero-order chi connectivity index (χ0) is 14.8. The smallest absolute Gasteiger partial charge is 0.321 e. The predicted molar refractivity (Wildman–Crippen MR) is 65.2 cm³/mol. The Morgan fingerprint density at radius 2 is 1.68 bits per heavy atom. The number of carboxylic acids is 1. The molecule has 0 rings (SSSR count). The first-order chi connectivity index (χ1) is 8.81. The highest BCUT2D eigenvalue weighted by Gasteiger charge is 2.14. The standard InChI is InChI=1S/C10H18N4O5/c1-6(5-8(16)17)4-7(15)14-10(19)13-3-2-12-9(11)18/h6H,2-5H2,1H3,(H,16,17)(H3,11,12,18)(H2,13,14,15,19). The number of hydrogen-bond acceptors (Lipinski definition) is 4. The zero-order valence-corrected chi connectivity index (χ0v) is 10.6. The van der Waals surface area contributed by atoms with Crippen LogP contribution in [0.25, 0.3) is 0 Å². The van der Waals surface area contributed by atoms with Gasteiger partial charge in [0.05, 0.1) is 0 Å². The number of carbonyl (C=O) groups is 4. The van der Waals surface area contributed by atoms with Gasteiger partial charge in [0.25, 0.3) is 0 Å². The quantitative estimate of drug-likeness (QED) is 0.376. The summed E-state index contributed by atoms with van der Waals surface area (Å²) in [5.41, 5.74) is 4.80. The van der Waals surface area contributed by atoms with Crippen molar-refractivity contribution < 1.29 is 24.3 Å². The lowest BCUT2D eigenvalue weighted by Crippen LogP contribution is -2.43. The highest BCUT2D eigenvalue weighted by atomic mass is 16.4. The van der Waals surface area contributed by atoms with Gasteiger partial charge in [-0.1, -0.05) is 6.92 Å². The minimum Gasteiger partial charge on any atom is -0.481 e. The molecule has 9 nitrogen and oxygen atoms in total. The molecule has 1 unspecified atom stereocenters. The van der Waals surface area contributed by atoms with E-state index in [-0.39, 0.29) is 31.8 Å². The van der Waals surface area contributed by atoms with Gasteiger partial charge in [0, 0.05) is 25.9 Å². The van der Waals surface area contributed by atoms with E-state index in [1.807, 2.05) is 5.32 Å². The lowest BCUT2D eigenvalue weighted by Gasteiger charge is -2.09. The van der Waals surface area contributed by atoms with Gasteiger partial charge in [-0.25, -0.2) is 9.59 Å². The minimum atomic E-state index is -0.998. The van der Waals surface area contributed by atoms with E-state index in [9.17, 15) is 19.2 Å². The first kappa shape index (κ1) is 16.7. The summed E-state index contributed by atoms with van der Waals surface area (Å²) in [5.74, 6) is -1.92. The Bertz CT molecular complexity index is 358. The number of nitrogens with two attached hydrogens (primary N) is 1. The van der Waals surface area contributed by atoms with Crippen molar-refractivity contribution in [3.63, 3.8) is 0 Å². The highest BCUT2D eigenvalue weighted by molar-refractivity contribution is 5.94. The lowest BCUT2D eigenvalue weighted by atomic mass is 10.0. The van der Waals surface area contributed by atoms with Crippen molar-refractivity contribution in [2.45, 2.75) is 19.8 Å². The summed E-state index contributed by atoms with van der Waals surface area (Å²) in [6.45, 7) is 1.86. The summed E-state index contributed by atoms with van der Waals surface area (Å²) in [4.78, 5) is 43.2. The molecule has 0 saturated heterocycles. The van der Waals surface area contributed by atoms with Crippen LogP contribution in [-0.2, 0) is 9.59 Å². The van der Waals surface area contributed by atoms with Gasteiger partial charge in [0.2, 0.25) is 5.91 Å². The van der Waals surface area contributed by atoms with E-state index in [1.54, 1.807) is 6.92 Å². The molecule has 9 heteroatoms. The third-order valence-corrected chi connectivity index (χ3v) is 2.02. The summed E-state index contributed by atoms with van der Waals surface area (Å²) < 4.78 is 0. The predicted octanol–water partition coefficient (Wildman–Crippen LogP) is -1.02. The average molecular weight is 274 g/mol. The molecular weight excluding hydrogens is 256 g/mol. The van der Waals surface area contributed by atoms with Gasteiger partial charge in [-0.2, -0.15) is 0 Å². The van der Waals surface area contributed by atoms with Crippen molar-refractivity contribution in [2.75, 3.05) is 13.1 Å². The summed E-state index contributed by atoms with van der Waals surface area (Å²) in [7, 11) is 0. The lowest BCUT2D eigenvalue weighted by molar-refractivity contribution is -0.138. The molecule has 0 saturated carbocycles. The van der Waals surface area contributed by atoms with Crippen LogP contribution in [0, 0.1) is 5.92 Å². The summed E-state index contributed by atoms with van der Waals surface area (Å²) in [5, 5.41) is 15.1. The van der Waals surface area contributed by atoms with Crippen molar-refractivity contribution in [3.8, 4) is 0 Å². The number of nitrogens with one attached hydrogen (secondary N) is 3. The molecule has 0 aliphatic heterocycles. The maximum atomic E-state index is 11.3. The molecule has 0 aliphatic carbocycles. The Balaban J connectivity index is 3.77. The molecule has 0 aliphatic rings. The second-order valence-corrected chi connectivity index (χ2v) is 4.00. The normalized spacial score (nSPS) is 11.2. The van der Waals surface area contributed by atoms with Crippen LogP contribution in [0.5, 0.6) is 0 Å². The number of carboxylic acid groups (broad SMARTS) is 1. The van der Waals surface area contributed by atoms with Crippen LogP contribution < -0.4 is 21.7 Å². The van der Waals surface area contributed by atoms with Crippen LogP contribution in [0.4, 0.5) is 9.59 Å². The van der Waals surface area contributed by atoms with Crippen LogP contribution in [0.1, 0.15) is 19.8 Å². The van der Waals surface area contributed by atoms with E-state index < -0.39 is 23.9 Å². The molecular formula is C10H18N4O5. The van der Waals surface area contributed by atoms with Gasteiger partial charge in [0.1, 0.15) is 0 Å². The van der Waals surface area contributed by atoms with E-state index >= 15 is 0 Å². The van der Waals surface area contributed by atoms with Crippen molar-refractivity contribution in [2.24, 2.45) is 11.7 Å². The Morgan fingerprint density at radius 3 is 2.21 bits per heavy atom. The fourth-order valence-corrected chi connectivity index (χ4v) is 1.27. The van der Waals surface area contributed by atoms with E-state index in [2.05, 4.69) is 10.6 Å². The molecule has 5 amide bonds.